The summed E-state index contributed by atoms with van der Waals surface area (Å²) in [5.41, 5.74) is 3.13. The first-order chi connectivity index (χ1) is 14.2. The first-order valence-electron chi connectivity index (χ1n) is 10.5. The van der Waals surface area contributed by atoms with Crippen molar-refractivity contribution in [3.05, 3.63) is 35.5 Å². The van der Waals surface area contributed by atoms with Crippen LogP contribution in [0.25, 0.3) is 5.69 Å². The number of rotatable bonds is 4. The molecule has 3 aliphatic heterocycles. The molecule has 0 unspecified atom stereocenters. The van der Waals surface area contributed by atoms with Gasteiger partial charge in [0.15, 0.2) is 0 Å². The number of pyridine rings is 1. The number of piperidine rings is 1. The zero-order valence-electron chi connectivity index (χ0n) is 16.3. The van der Waals surface area contributed by atoms with Crippen molar-refractivity contribution in [1.29, 1.82) is 0 Å². The number of imidazole rings is 1. The predicted molar refractivity (Wildman–Crippen MR) is 105 cm³/mol. The van der Waals surface area contributed by atoms with Crippen LogP contribution in [-0.4, -0.2) is 57.5 Å². The summed E-state index contributed by atoms with van der Waals surface area (Å²) >= 11 is 0. The molecule has 5 heterocycles. The lowest BCUT2D eigenvalue weighted by Gasteiger charge is -2.29. The van der Waals surface area contributed by atoms with Gasteiger partial charge in [-0.3, -0.25) is 4.79 Å². The van der Waals surface area contributed by atoms with E-state index in [-0.39, 0.29) is 18.1 Å². The number of hydrogen-bond donors (Lipinski definition) is 2. The van der Waals surface area contributed by atoms with Crippen LogP contribution in [0.3, 0.4) is 0 Å². The number of aromatic nitrogens is 3. The third kappa shape index (κ3) is 2.55. The zero-order valence-corrected chi connectivity index (χ0v) is 16.3. The molecule has 1 aliphatic carbocycles. The molecular weight excluding hydrogens is 370 g/mol. The highest BCUT2D eigenvalue weighted by Gasteiger charge is 2.62. The van der Waals surface area contributed by atoms with Crippen molar-refractivity contribution in [2.75, 3.05) is 31.3 Å². The van der Waals surface area contributed by atoms with Gasteiger partial charge in [-0.1, -0.05) is 0 Å². The Morgan fingerprint density at radius 3 is 2.97 bits per heavy atom. The number of aliphatic hydroxyl groups is 1. The molecule has 0 aromatic carbocycles. The van der Waals surface area contributed by atoms with Crippen molar-refractivity contribution in [2.24, 2.45) is 5.92 Å². The van der Waals surface area contributed by atoms with E-state index in [1.165, 1.54) is 0 Å². The van der Waals surface area contributed by atoms with Crippen molar-refractivity contribution in [1.82, 2.24) is 19.9 Å². The van der Waals surface area contributed by atoms with Crippen LogP contribution in [0.5, 0.6) is 0 Å². The minimum absolute atomic E-state index is 0.0852. The normalized spacial score (nSPS) is 28.4. The lowest BCUT2D eigenvalue weighted by molar-refractivity contribution is 0.0846. The summed E-state index contributed by atoms with van der Waals surface area (Å²) in [4.78, 5) is 24.3. The Balaban J connectivity index is 1.42. The molecule has 4 aliphatic rings. The lowest BCUT2D eigenvalue weighted by atomic mass is 9.97. The van der Waals surface area contributed by atoms with Crippen molar-refractivity contribution in [3.63, 3.8) is 0 Å². The number of anilines is 1. The number of nitrogens with one attached hydrogen (secondary N) is 1. The van der Waals surface area contributed by atoms with E-state index in [2.05, 4.69) is 15.2 Å². The van der Waals surface area contributed by atoms with Gasteiger partial charge in [-0.15, -0.1) is 0 Å². The number of carbonyl (C=O) groups excluding carboxylic acids is 1. The molecule has 0 spiro atoms. The zero-order chi connectivity index (χ0) is 19.6. The Hall–Kier alpha value is -2.45. The Morgan fingerprint density at radius 1 is 1.31 bits per heavy atom. The second-order valence-corrected chi connectivity index (χ2v) is 8.70. The van der Waals surface area contributed by atoms with Crippen molar-refractivity contribution in [2.45, 2.75) is 43.7 Å². The highest BCUT2D eigenvalue weighted by molar-refractivity contribution is 6.01. The van der Waals surface area contributed by atoms with Gasteiger partial charge in [-0.25, -0.2) is 9.97 Å². The minimum atomic E-state index is -0.156. The number of fused-ring (bicyclic) bond motifs is 2. The van der Waals surface area contributed by atoms with Crippen LogP contribution < -0.4 is 10.2 Å². The maximum absolute atomic E-state index is 12.5. The van der Waals surface area contributed by atoms with Gasteiger partial charge in [0.2, 0.25) is 0 Å². The first kappa shape index (κ1) is 17.4. The van der Waals surface area contributed by atoms with Crippen molar-refractivity contribution >= 4 is 11.7 Å². The molecule has 152 valence electrons. The Labute approximate surface area is 168 Å². The van der Waals surface area contributed by atoms with E-state index in [1.54, 1.807) is 0 Å². The van der Waals surface area contributed by atoms with Crippen LogP contribution >= 0.6 is 0 Å². The number of ether oxygens (including phenoxy) is 1. The van der Waals surface area contributed by atoms with E-state index < -0.39 is 0 Å². The molecule has 2 aromatic heterocycles. The summed E-state index contributed by atoms with van der Waals surface area (Å²) in [6, 6.07) is 2.00. The summed E-state index contributed by atoms with van der Waals surface area (Å²) in [7, 11) is 0. The minimum Gasteiger partial charge on any atom is -0.394 e. The molecule has 1 saturated carbocycles. The molecular formula is C21H25N5O3. The van der Waals surface area contributed by atoms with Crippen LogP contribution in [0.4, 0.5) is 5.82 Å². The Kier molecular flexibility index (Phi) is 3.77. The van der Waals surface area contributed by atoms with Crippen LogP contribution in [0.15, 0.2) is 18.6 Å². The number of hydrogen-bond acceptors (Lipinski definition) is 6. The standard InChI is InChI=1S/C21H25N5O3/c27-11-21-8-14(21)1-4-26(21)18-7-17(19-15(24-18)9-22-20(19)28)25-10-16(23-12-25)13-2-5-29-6-3-13/h7,10,12-14,27H,1-6,8-9,11H2,(H,22,28)/t14-,21-/m0/s1. The van der Waals surface area contributed by atoms with E-state index in [0.717, 1.165) is 68.3 Å². The highest BCUT2D eigenvalue weighted by atomic mass is 16.5. The molecule has 3 fully saturated rings. The second kappa shape index (κ2) is 6.27. The van der Waals surface area contributed by atoms with Crippen LogP contribution in [-0.2, 0) is 11.3 Å². The van der Waals surface area contributed by atoms with Gasteiger partial charge in [0, 0.05) is 37.9 Å². The monoisotopic (exact) mass is 395 g/mol. The summed E-state index contributed by atoms with van der Waals surface area (Å²) in [6.07, 6.45) is 7.92. The topological polar surface area (TPSA) is 92.5 Å². The maximum Gasteiger partial charge on any atom is 0.255 e. The van der Waals surface area contributed by atoms with Gasteiger partial charge in [-0.2, -0.15) is 0 Å². The smallest absolute Gasteiger partial charge is 0.255 e. The van der Waals surface area contributed by atoms with Gasteiger partial charge >= 0.3 is 0 Å². The fraction of sp³-hybridized carbons (Fsp3) is 0.571. The third-order valence-corrected chi connectivity index (χ3v) is 7.21. The lowest BCUT2D eigenvalue weighted by Crippen LogP contribution is -2.38. The fourth-order valence-electron chi connectivity index (χ4n) is 5.41. The molecule has 0 radical (unpaired) electrons. The first-order valence-corrected chi connectivity index (χ1v) is 10.5. The summed E-state index contributed by atoms with van der Waals surface area (Å²) < 4.78 is 7.44. The summed E-state index contributed by atoms with van der Waals surface area (Å²) in [6.45, 7) is 3.04. The average molecular weight is 395 g/mol. The molecule has 1 amide bonds. The molecule has 29 heavy (non-hydrogen) atoms. The van der Waals surface area contributed by atoms with Gasteiger partial charge in [-0.05, 0) is 31.6 Å². The van der Waals surface area contributed by atoms with E-state index in [0.29, 0.717) is 23.9 Å². The number of aliphatic hydroxyl groups excluding tert-OH is 1. The van der Waals surface area contributed by atoms with E-state index >= 15 is 0 Å². The quantitative estimate of drug-likeness (QED) is 0.812. The van der Waals surface area contributed by atoms with E-state index in [1.807, 2.05) is 23.2 Å². The number of amides is 1. The number of carbonyl (C=O) groups is 1. The molecule has 2 saturated heterocycles. The second-order valence-electron chi connectivity index (χ2n) is 8.70. The SMILES string of the molecule is O=C1NCc2nc(N3CC[C@H]4C[C@]43CO)cc(-n3cnc(C4CCOCC4)c3)c21. The molecule has 0 bridgehead atoms. The summed E-state index contributed by atoms with van der Waals surface area (Å²) in [5, 5.41) is 12.9. The Bertz CT molecular complexity index is 979. The maximum atomic E-state index is 12.5. The van der Waals surface area contributed by atoms with Gasteiger partial charge in [0.1, 0.15) is 5.82 Å². The van der Waals surface area contributed by atoms with Crippen LogP contribution in [0, 0.1) is 5.92 Å². The molecule has 2 atom stereocenters. The molecule has 8 heteroatoms. The molecule has 2 N–H and O–H groups in total. The summed E-state index contributed by atoms with van der Waals surface area (Å²) in [5.74, 6) is 1.72. The van der Waals surface area contributed by atoms with Gasteiger partial charge in [0.25, 0.3) is 5.91 Å². The highest BCUT2D eigenvalue weighted by Crippen LogP contribution is 2.56. The largest absolute Gasteiger partial charge is 0.394 e. The van der Waals surface area contributed by atoms with Crippen molar-refractivity contribution in [3.8, 4) is 5.69 Å². The predicted octanol–water partition coefficient (Wildman–Crippen LogP) is 1.37. The van der Waals surface area contributed by atoms with Crippen LogP contribution in [0.2, 0.25) is 0 Å². The van der Waals surface area contributed by atoms with Crippen LogP contribution in [0.1, 0.15) is 53.3 Å². The molecule has 8 nitrogen and oxygen atoms in total. The van der Waals surface area contributed by atoms with Gasteiger partial charge in [0.05, 0.1) is 47.7 Å². The average Bonchev–Trinajstić information content (AvgIpc) is 3.12. The molecule has 2 aromatic rings. The van der Waals surface area contributed by atoms with Crippen molar-refractivity contribution < 1.29 is 14.6 Å². The third-order valence-electron chi connectivity index (χ3n) is 7.21. The Morgan fingerprint density at radius 2 is 2.17 bits per heavy atom. The van der Waals surface area contributed by atoms with E-state index in [9.17, 15) is 9.90 Å². The molecule has 6 rings (SSSR count). The fourth-order valence-corrected chi connectivity index (χ4v) is 5.41. The number of nitrogens with zero attached hydrogens (tertiary/aromatic N) is 4. The van der Waals surface area contributed by atoms with E-state index in [4.69, 9.17) is 9.72 Å². The van der Waals surface area contributed by atoms with Gasteiger partial charge < -0.3 is 24.6 Å².